The Hall–Kier alpha value is -0.660. The van der Waals surface area contributed by atoms with E-state index in [-0.39, 0.29) is 22.4 Å². The lowest BCUT2D eigenvalue weighted by Crippen LogP contribution is -2.37. The van der Waals surface area contributed by atoms with E-state index in [0.717, 1.165) is 6.42 Å². The van der Waals surface area contributed by atoms with Gasteiger partial charge in [0.2, 0.25) is 0 Å². The fourth-order valence-corrected chi connectivity index (χ4v) is 2.86. The average Bonchev–Trinajstić information content (AvgIpc) is 1.74. The lowest BCUT2D eigenvalue weighted by Gasteiger charge is -2.36. The highest BCUT2D eigenvalue weighted by atomic mass is 16.1. The fraction of sp³-hybridized carbons (Fsp3) is 0.846. The zero-order valence-electron chi connectivity index (χ0n) is 11.1. The molecule has 0 rings (SSSR count). The van der Waals surface area contributed by atoms with Gasteiger partial charge in [-0.05, 0) is 31.1 Å². The maximum absolute atomic E-state index is 11.5. The van der Waals surface area contributed by atoms with E-state index in [1.807, 2.05) is 13.8 Å². The van der Waals surface area contributed by atoms with Gasteiger partial charge in [-0.3, -0.25) is 9.59 Å². The van der Waals surface area contributed by atoms with E-state index in [1.165, 1.54) is 13.8 Å². The smallest absolute Gasteiger partial charge is 0.140 e. The first kappa shape index (κ1) is 14.3. The molecule has 0 heterocycles. The number of carbonyl (C=O) groups is 2. The number of hydrogen-bond acceptors (Lipinski definition) is 2. The predicted octanol–water partition coefficient (Wildman–Crippen LogP) is 3.24. The fourth-order valence-electron chi connectivity index (χ4n) is 2.86. The number of Topliss-reactive ketones (excluding diaryl/α,β-unsaturated/α-hetero) is 2. The number of rotatable bonds is 4. The normalized spacial score (nSPS) is 13.1. The molecule has 2 heteroatoms. The second-order valence-corrected chi connectivity index (χ2v) is 6.38. The van der Waals surface area contributed by atoms with Crippen LogP contribution in [0.3, 0.4) is 0 Å². The van der Waals surface area contributed by atoms with Gasteiger partial charge in [0.05, 0.1) is 5.92 Å². The van der Waals surface area contributed by atoms with Crippen molar-refractivity contribution in [3.63, 3.8) is 0 Å². The van der Waals surface area contributed by atoms with Crippen LogP contribution < -0.4 is 0 Å². The Morgan fingerprint density at radius 2 is 1.27 bits per heavy atom. The molecule has 0 saturated carbocycles. The van der Waals surface area contributed by atoms with Gasteiger partial charge in [-0.2, -0.15) is 0 Å². The molecule has 0 aromatic rings. The molecule has 0 amide bonds. The Balaban J connectivity index is 4.96. The zero-order valence-corrected chi connectivity index (χ0v) is 11.1. The molecule has 0 aliphatic carbocycles. The van der Waals surface area contributed by atoms with Crippen molar-refractivity contribution < 1.29 is 9.59 Å². The van der Waals surface area contributed by atoms with Crippen LogP contribution in [0.1, 0.15) is 54.9 Å². The summed E-state index contributed by atoms with van der Waals surface area (Å²) in [5.41, 5.74) is -0.122. The highest BCUT2D eigenvalue weighted by Crippen LogP contribution is 2.39. The standard InChI is InChI=1S/C13H24O2/c1-9(14)11(10(2)15)13(6,7)8-12(3,4)5/h11H,8H2,1-7H3. The van der Waals surface area contributed by atoms with E-state index in [4.69, 9.17) is 0 Å². The summed E-state index contributed by atoms with van der Waals surface area (Å²) in [7, 11) is 0. The summed E-state index contributed by atoms with van der Waals surface area (Å²) >= 11 is 0. The minimum absolute atomic E-state index is 0.0169. The van der Waals surface area contributed by atoms with Crippen LogP contribution in [0.4, 0.5) is 0 Å². The van der Waals surface area contributed by atoms with Gasteiger partial charge in [-0.1, -0.05) is 34.6 Å². The molecule has 88 valence electrons. The highest BCUT2D eigenvalue weighted by molar-refractivity contribution is 6.01. The number of hydrogen-bond donors (Lipinski definition) is 0. The molecule has 0 aromatic carbocycles. The Bertz CT molecular complexity index is 242. The summed E-state index contributed by atoms with van der Waals surface area (Å²) in [6, 6.07) is 0. The van der Waals surface area contributed by atoms with Gasteiger partial charge in [0.1, 0.15) is 11.6 Å². The van der Waals surface area contributed by atoms with E-state index in [0.29, 0.717) is 0 Å². The molecular formula is C13H24O2. The summed E-state index contributed by atoms with van der Waals surface area (Å²) in [5.74, 6) is -0.495. The Morgan fingerprint density at radius 1 is 0.933 bits per heavy atom. The van der Waals surface area contributed by atoms with Crippen molar-refractivity contribution in [3.8, 4) is 0 Å². The van der Waals surface area contributed by atoms with Crippen molar-refractivity contribution in [2.75, 3.05) is 0 Å². The van der Waals surface area contributed by atoms with Crippen molar-refractivity contribution in [3.05, 3.63) is 0 Å². The van der Waals surface area contributed by atoms with Gasteiger partial charge in [-0.25, -0.2) is 0 Å². The van der Waals surface area contributed by atoms with Gasteiger partial charge >= 0.3 is 0 Å². The molecule has 0 aliphatic heterocycles. The minimum Gasteiger partial charge on any atom is -0.299 e. The maximum Gasteiger partial charge on any atom is 0.140 e. The van der Waals surface area contributed by atoms with Crippen LogP contribution in [0, 0.1) is 16.7 Å². The molecule has 0 unspecified atom stereocenters. The Labute approximate surface area is 93.4 Å². The van der Waals surface area contributed by atoms with Crippen LogP contribution in [-0.4, -0.2) is 11.6 Å². The van der Waals surface area contributed by atoms with Crippen molar-refractivity contribution in [1.82, 2.24) is 0 Å². The Morgan fingerprint density at radius 3 is 1.47 bits per heavy atom. The van der Waals surface area contributed by atoms with Gasteiger partial charge in [0.15, 0.2) is 0 Å². The van der Waals surface area contributed by atoms with Crippen LogP contribution in [0.5, 0.6) is 0 Å². The highest BCUT2D eigenvalue weighted by Gasteiger charge is 2.38. The summed E-state index contributed by atoms with van der Waals surface area (Å²) in [4.78, 5) is 23.0. The first-order valence-corrected chi connectivity index (χ1v) is 5.48. The van der Waals surface area contributed by atoms with Crippen molar-refractivity contribution in [2.24, 2.45) is 16.7 Å². The molecule has 0 fully saturated rings. The third-order valence-corrected chi connectivity index (χ3v) is 2.58. The first-order valence-electron chi connectivity index (χ1n) is 5.48. The van der Waals surface area contributed by atoms with Crippen molar-refractivity contribution in [1.29, 1.82) is 0 Å². The topological polar surface area (TPSA) is 34.1 Å². The summed E-state index contributed by atoms with van der Waals surface area (Å²) < 4.78 is 0. The molecular weight excluding hydrogens is 188 g/mol. The monoisotopic (exact) mass is 212 g/mol. The molecule has 0 spiro atoms. The molecule has 0 saturated heterocycles. The van der Waals surface area contributed by atoms with Crippen LogP contribution in [0.25, 0.3) is 0 Å². The molecule has 0 aromatic heterocycles. The van der Waals surface area contributed by atoms with Gasteiger partial charge in [-0.15, -0.1) is 0 Å². The third kappa shape index (κ3) is 4.59. The van der Waals surface area contributed by atoms with Crippen LogP contribution in [-0.2, 0) is 9.59 Å². The molecule has 0 bridgehead atoms. The van der Waals surface area contributed by atoms with Crippen LogP contribution in [0.2, 0.25) is 0 Å². The van der Waals surface area contributed by atoms with Crippen molar-refractivity contribution >= 4 is 11.6 Å². The van der Waals surface area contributed by atoms with E-state index >= 15 is 0 Å². The number of ketones is 2. The van der Waals surface area contributed by atoms with E-state index < -0.39 is 5.92 Å². The largest absolute Gasteiger partial charge is 0.299 e. The van der Waals surface area contributed by atoms with E-state index in [1.54, 1.807) is 0 Å². The summed E-state index contributed by atoms with van der Waals surface area (Å²) in [5, 5.41) is 0. The Kier molecular flexibility index (Phi) is 4.26. The third-order valence-electron chi connectivity index (χ3n) is 2.58. The molecule has 0 N–H and O–H groups in total. The van der Waals surface area contributed by atoms with Crippen LogP contribution in [0.15, 0.2) is 0 Å². The van der Waals surface area contributed by atoms with E-state index in [2.05, 4.69) is 20.8 Å². The first-order chi connectivity index (χ1) is 6.47. The molecule has 0 atom stereocenters. The lowest BCUT2D eigenvalue weighted by molar-refractivity contribution is -0.135. The number of carbonyl (C=O) groups excluding carboxylic acids is 2. The van der Waals surface area contributed by atoms with Gasteiger partial charge in [0, 0.05) is 0 Å². The van der Waals surface area contributed by atoms with Gasteiger partial charge in [0.25, 0.3) is 0 Å². The second kappa shape index (κ2) is 4.46. The summed E-state index contributed by atoms with van der Waals surface area (Å²) in [6.45, 7) is 13.4. The van der Waals surface area contributed by atoms with Crippen molar-refractivity contribution in [2.45, 2.75) is 54.9 Å². The quantitative estimate of drug-likeness (QED) is 0.670. The maximum atomic E-state index is 11.5. The van der Waals surface area contributed by atoms with E-state index in [9.17, 15) is 9.59 Å². The average molecular weight is 212 g/mol. The predicted molar refractivity (Wildman–Crippen MR) is 62.7 cm³/mol. The zero-order chi connectivity index (χ0) is 12.4. The molecule has 2 nitrogen and oxygen atoms in total. The SMILES string of the molecule is CC(=O)C(C(C)=O)C(C)(C)CC(C)(C)C. The lowest BCUT2D eigenvalue weighted by atomic mass is 9.66. The van der Waals surface area contributed by atoms with Gasteiger partial charge < -0.3 is 0 Å². The summed E-state index contributed by atoms with van der Waals surface area (Å²) in [6.07, 6.45) is 0.865. The molecule has 0 aliphatic rings. The minimum atomic E-state index is -0.461. The van der Waals surface area contributed by atoms with Crippen LogP contribution >= 0.6 is 0 Å². The molecule has 15 heavy (non-hydrogen) atoms. The molecule has 0 radical (unpaired) electrons. The second-order valence-electron chi connectivity index (χ2n) is 6.38.